The second kappa shape index (κ2) is 4.47. The van der Waals surface area contributed by atoms with Gasteiger partial charge in [0.25, 0.3) is 0 Å². The van der Waals surface area contributed by atoms with Gasteiger partial charge in [0.1, 0.15) is 17.7 Å². The third-order valence-electron chi connectivity index (χ3n) is 3.77. The van der Waals surface area contributed by atoms with E-state index in [2.05, 4.69) is 17.2 Å². The van der Waals surface area contributed by atoms with Crippen molar-refractivity contribution in [1.29, 1.82) is 0 Å². The fraction of sp³-hybridized carbons (Fsp3) is 0.923. The Balaban J connectivity index is 2.01. The smallest absolute Gasteiger partial charge is 0.138 e. The molecule has 0 amide bonds. The highest BCUT2D eigenvalue weighted by molar-refractivity contribution is 5.91. The maximum atomic E-state index is 12.1. The fourth-order valence-corrected chi connectivity index (χ4v) is 2.51. The van der Waals surface area contributed by atoms with Crippen molar-refractivity contribution in [2.75, 3.05) is 6.54 Å². The van der Waals surface area contributed by atoms with Crippen LogP contribution in [0, 0.1) is 0 Å². The minimum absolute atomic E-state index is 0.320. The molecule has 2 aliphatic heterocycles. The SMILES string of the molecule is CC1CN=C(C(C)(C)OC2CCC(C)(C)N2[O])N1. The molecular weight excluding hydrogens is 230 g/mol. The Morgan fingerprint density at radius 1 is 1.50 bits per heavy atom. The molecule has 2 aliphatic rings. The number of hydrogen-bond acceptors (Lipinski definition) is 4. The van der Waals surface area contributed by atoms with Crippen LogP contribution in [0.1, 0.15) is 47.5 Å². The van der Waals surface area contributed by atoms with E-state index in [0.717, 1.165) is 30.3 Å². The van der Waals surface area contributed by atoms with Crippen LogP contribution in [0.25, 0.3) is 0 Å². The first-order valence-corrected chi connectivity index (χ1v) is 6.68. The van der Waals surface area contributed by atoms with Crippen molar-refractivity contribution in [1.82, 2.24) is 10.4 Å². The molecule has 103 valence electrons. The first-order valence-electron chi connectivity index (χ1n) is 6.68. The maximum absolute atomic E-state index is 12.1. The number of ether oxygens (including phenoxy) is 1. The lowest BCUT2D eigenvalue weighted by Crippen LogP contribution is -2.50. The number of hydrogen-bond donors (Lipinski definition) is 1. The van der Waals surface area contributed by atoms with Crippen LogP contribution in [-0.4, -0.2) is 40.9 Å². The lowest BCUT2D eigenvalue weighted by atomic mass is 10.0. The fourth-order valence-electron chi connectivity index (χ4n) is 2.51. The summed E-state index contributed by atoms with van der Waals surface area (Å²) in [4.78, 5) is 4.45. The highest BCUT2D eigenvalue weighted by Crippen LogP contribution is 2.34. The van der Waals surface area contributed by atoms with Gasteiger partial charge in [0.05, 0.1) is 6.54 Å². The second-order valence-corrected chi connectivity index (χ2v) is 6.49. The highest BCUT2D eigenvalue weighted by atomic mass is 16.6. The van der Waals surface area contributed by atoms with Gasteiger partial charge in [-0.2, -0.15) is 0 Å². The zero-order valence-corrected chi connectivity index (χ0v) is 12.0. The van der Waals surface area contributed by atoms with Gasteiger partial charge in [-0.25, -0.2) is 0 Å². The van der Waals surface area contributed by atoms with Gasteiger partial charge in [-0.05, 0) is 47.5 Å². The van der Waals surface area contributed by atoms with Gasteiger partial charge < -0.3 is 10.1 Å². The average molecular weight is 254 g/mol. The summed E-state index contributed by atoms with van der Waals surface area (Å²) in [5.74, 6) is 0.855. The topological polar surface area (TPSA) is 56.8 Å². The Bertz CT molecular complexity index is 352. The third kappa shape index (κ3) is 2.53. The van der Waals surface area contributed by atoms with E-state index in [1.165, 1.54) is 0 Å². The molecule has 1 radical (unpaired) electrons. The first-order chi connectivity index (χ1) is 8.22. The van der Waals surface area contributed by atoms with Gasteiger partial charge in [0.2, 0.25) is 0 Å². The Hall–Kier alpha value is -0.650. The van der Waals surface area contributed by atoms with Gasteiger partial charge in [0.15, 0.2) is 0 Å². The van der Waals surface area contributed by atoms with Crippen LogP contribution in [0.2, 0.25) is 0 Å². The highest BCUT2D eigenvalue weighted by Gasteiger charge is 2.44. The summed E-state index contributed by atoms with van der Waals surface area (Å²) in [6, 6.07) is 0.353. The van der Waals surface area contributed by atoms with E-state index in [4.69, 9.17) is 4.74 Å². The molecule has 0 bridgehead atoms. The summed E-state index contributed by atoms with van der Waals surface area (Å²) >= 11 is 0. The average Bonchev–Trinajstić information content (AvgIpc) is 2.79. The number of rotatable bonds is 3. The molecule has 0 aliphatic carbocycles. The molecule has 1 saturated heterocycles. The van der Waals surface area contributed by atoms with Crippen LogP contribution in [0.15, 0.2) is 4.99 Å². The van der Waals surface area contributed by atoms with Crippen LogP contribution in [0.5, 0.6) is 0 Å². The molecule has 0 aromatic rings. The van der Waals surface area contributed by atoms with E-state index in [9.17, 15) is 5.21 Å². The molecule has 1 N–H and O–H groups in total. The largest absolute Gasteiger partial charge is 0.367 e. The first kappa shape index (κ1) is 13.8. The third-order valence-corrected chi connectivity index (χ3v) is 3.77. The number of amidine groups is 1. The Morgan fingerprint density at radius 3 is 2.61 bits per heavy atom. The van der Waals surface area contributed by atoms with Gasteiger partial charge in [-0.15, -0.1) is 10.3 Å². The molecule has 0 aromatic heterocycles. The monoisotopic (exact) mass is 254 g/mol. The van der Waals surface area contributed by atoms with E-state index >= 15 is 0 Å². The maximum Gasteiger partial charge on any atom is 0.138 e. The van der Waals surface area contributed by atoms with E-state index in [0.29, 0.717) is 6.04 Å². The molecule has 0 aromatic carbocycles. The van der Waals surface area contributed by atoms with Gasteiger partial charge in [0, 0.05) is 11.6 Å². The molecule has 0 spiro atoms. The second-order valence-electron chi connectivity index (χ2n) is 6.49. The zero-order chi connectivity index (χ0) is 13.6. The number of nitrogens with zero attached hydrogens (tertiary/aromatic N) is 2. The molecule has 1 fully saturated rings. The van der Waals surface area contributed by atoms with Crippen LogP contribution >= 0.6 is 0 Å². The summed E-state index contributed by atoms with van der Waals surface area (Å²) in [5.41, 5.74) is -0.850. The van der Waals surface area contributed by atoms with Gasteiger partial charge in [-0.1, -0.05) is 0 Å². The summed E-state index contributed by atoms with van der Waals surface area (Å²) in [5, 5.41) is 16.5. The lowest BCUT2D eigenvalue weighted by molar-refractivity contribution is -0.288. The van der Waals surface area contributed by atoms with Crippen molar-refractivity contribution in [2.45, 2.75) is 70.9 Å². The van der Waals surface area contributed by atoms with Gasteiger partial charge in [-0.3, -0.25) is 4.99 Å². The summed E-state index contributed by atoms with van der Waals surface area (Å²) < 4.78 is 6.00. The molecule has 2 rings (SSSR count). The van der Waals surface area contributed by atoms with Crippen molar-refractivity contribution >= 4 is 5.84 Å². The van der Waals surface area contributed by atoms with Crippen molar-refractivity contribution in [3.63, 3.8) is 0 Å². The van der Waals surface area contributed by atoms with E-state index in [-0.39, 0.29) is 11.8 Å². The number of nitrogens with one attached hydrogen (secondary N) is 1. The van der Waals surface area contributed by atoms with E-state index in [1.54, 1.807) is 0 Å². The molecule has 5 heteroatoms. The summed E-state index contributed by atoms with van der Waals surface area (Å²) in [6.07, 6.45) is 1.28. The predicted octanol–water partition coefficient (Wildman–Crippen LogP) is 1.72. The normalized spacial score (nSPS) is 32.4. The van der Waals surface area contributed by atoms with Crippen LogP contribution in [-0.2, 0) is 9.94 Å². The predicted molar refractivity (Wildman–Crippen MR) is 69.7 cm³/mol. The molecular formula is C13H24N3O2. The molecule has 2 unspecified atom stereocenters. The molecule has 5 nitrogen and oxygen atoms in total. The molecule has 0 saturated carbocycles. The number of hydroxylamine groups is 2. The van der Waals surface area contributed by atoms with E-state index < -0.39 is 5.60 Å². The Labute approximate surface area is 109 Å². The number of aliphatic imine (C=N–C) groups is 1. The lowest BCUT2D eigenvalue weighted by Gasteiger charge is -2.33. The molecule has 2 heterocycles. The standard InChI is InChI=1S/C13H24N3O2/c1-9-8-14-11(15-9)13(4,5)18-10-6-7-12(2,3)16(10)17/h9-10H,6-8H2,1-5H3,(H,14,15). The van der Waals surface area contributed by atoms with Crippen molar-refractivity contribution in [3.05, 3.63) is 0 Å². The quantitative estimate of drug-likeness (QED) is 0.834. The van der Waals surface area contributed by atoms with Crippen molar-refractivity contribution in [2.24, 2.45) is 4.99 Å². The minimum Gasteiger partial charge on any atom is -0.367 e. The van der Waals surface area contributed by atoms with Crippen LogP contribution in [0.4, 0.5) is 0 Å². The van der Waals surface area contributed by atoms with Gasteiger partial charge >= 0.3 is 0 Å². The Kier molecular flexibility index (Phi) is 3.42. The van der Waals surface area contributed by atoms with Crippen molar-refractivity contribution in [3.8, 4) is 0 Å². The molecule has 18 heavy (non-hydrogen) atoms. The summed E-state index contributed by atoms with van der Waals surface area (Å²) in [7, 11) is 0. The van der Waals surface area contributed by atoms with Crippen LogP contribution in [0.3, 0.4) is 0 Å². The van der Waals surface area contributed by atoms with E-state index in [1.807, 2.05) is 27.7 Å². The zero-order valence-electron chi connectivity index (χ0n) is 12.0. The molecule has 2 atom stereocenters. The Morgan fingerprint density at radius 2 is 2.17 bits per heavy atom. The summed E-state index contributed by atoms with van der Waals surface area (Å²) in [6.45, 7) is 10.7. The van der Waals surface area contributed by atoms with Crippen molar-refractivity contribution < 1.29 is 9.94 Å². The minimum atomic E-state index is -0.529. The van der Waals surface area contributed by atoms with Crippen LogP contribution < -0.4 is 5.32 Å².